The van der Waals surface area contributed by atoms with Gasteiger partial charge in [0.25, 0.3) is 0 Å². The van der Waals surface area contributed by atoms with E-state index >= 15 is 4.39 Å². The first-order valence-electron chi connectivity index (χ1n) is 9.88. The van der Waals surface area contributed by atoms with Crippen LogP contribution in [0.1, 0.15) is 33.6 Å². The highest BCUT2D eigenvalue weighted by Crippen LogP contribution is 2.40. The summed E-state index contributed by atoms with van der Waals surface area (Å²) in [6, 6.07) is 0.0531. The number of carbonyl (C=O) groups excluding carboxylic acids is 2. The molecule has 1 aliphatic carbocycles. The van der Waals surface area contributed by atoms with Crippen LogP contribution in [-0.4, -0.2) is 80.8 Å². The largest absolute Gasteiger partial charge is 0.477 e. The lowest BCUT2D eigenvalue weighted by atomic mass is 9.97. The van der Waals surface area contributed by atoms with Crippen molar-refractivity contribution in [2.45, 2.75) is 45.7 Å². The van der Waals surface area contributed by atoms with Gasteiger partial charge in [0.1, 0.15) is 17.1 Å². The van der Waals surface area contributed by atoms with E-state index in [1.54, 1.807) is 14.9 Å². The van der Waals surface area contributed by atoms with Gasteiger partial charge in [-0.2, -0.15) is 0 Å². The molecule has 0 aromatic carbocycles. The molecule has 0 radical (unpaired) electrons. The number of Topliss-reactive ketones (excluding diaryl/α,β-unsaturated/α-hetero) is 1. The van der Waals surface area contributed by atoms with Gasteiger partial charge in [0.15, 0.2) is 0 Å². The predicted octanol–water partition coefficient (Wildman–Crippen LogP) is 1.24. The van der Waals surface area contributed by atoms with Gasteiger partial charge in [-0.3, -0.25) is 19.6 Å². The van der Waals surface area contributed by atoms with Crippen LogP contribution in [0.5, 0.6) is 0 Å². The smallest absolute Gasteiger partial charge is 0.341 e. The lowest BCUT2D eigenvalue weighted by Gasteiger charge is -2.48. The number of amides is 1. The Bertz CT molecular complexity index is 889. The van der Waals surface area contributed by atoms with Gasteiger partial charge in [0.2, 0.25) is 11.7 Å². The Labute approximate surface area is 168 Å². The Morgan fingerprint density at radius 2 is 1.93 bits per heavy atom. The van der Waals surface area contributed by atoms with Gasteiger partial charge in [-0.15, -0.1) is 0 Å². The molecule has 29 heavy (non-hydrogen) atoms. The standard InChI is InChI=1S/C20H25FN4O4/c1-11-8-22(13(3)26)6-7-23(11)16-10-25-18(12(2)17(16)21)19(27)15(20(28)29)9-24(25)14-4-5-14/h9,11,14H,4-8,10H2,1-3H3,(H,28,29)/t11-/m0/s1. The van der Waals surface area contributed by atoms with Gasteiger partial charge in [0, 0.05) is 44.4 Å². The zero-order valence-electron chi connectivity index (χ0n) is 16.8. The van der Waals surface area contributed by atoms with Gasteiger partial charge < -0.3 is 14.9 Å². The third kappa shape index (κ3) is 3.18. The van der Waals surface area contributed by atoms with Crippen LogP contribution >= 0.6 is 0 Å². The number of hydrazine groups is 1. The molecule has 1 atom stereocenters. The zero-order chi connectivity index (χ0) is 21.0. The highest BCUT2D eigenvalue weighted by Gasteiger charge is 2.45. The number of aliphatic carboxylic acids is 1. The summed E-state index contributed by atoms with van der Waals surface area (Å²) in [5.41, 5.74) is 0.415. The van der Waals surface area contributed by atoms with Crippen molar-refractivity contribution in [1.82, 2.24) is 19.8 Å². The molecular weight excluding hydrogens is 379 g/mol. The Morgan fingerprint density at radius 3 is 2.48 bits per heavy atom. The van der Waals surface area contributed by atoms with Crippen LogP contribution in [0.2, 0.25) is 0 Å². The third-order valence-corrected chi connectivity index (χ3v) is 6.07. The van der Waals surface area contributed by atoms with Crippen LogP contribution in [-0.2, 0) is 14.4 Å². The molecule has 0 bridgehead atoms. The van der Waals surface area contributed by atoms with E-state index < -0.39 is 17.6 Å². The number of rotatable bonds is 3. The molecule has 4 rings (SSSR count). The second-order valence-electron chi connectivity index (χ2n) is 8.09. The van der Waals surface area contributed by atoms with Crippen LogP contribution < -0.4 is 0 Å². The first-order chi connectivity index (χ1) is 13.7. The van der Waals surface area contributed by atoms with Crippen LogP contribution in [0.15, 0.2) is 34.6 Å². The number of carboxylic acids is 1. The Morgan fingerprint density at radius 1 is 1.24 bits per heavy atom. The first-order valence-corrected chi connectivity index (χ1v) is 9.88. The summed E-state index contributed by atoms with van der Waals surface area (Å²) in [4.78, 5) is 39.7. The fourth-order valence-corrected chi connectivity index (χ4v) is 4.33. The highest BCUT2D eigenvalue weighted by atomic mass is 19.1. The monoisotopic (exact) mass is 404 g/mol. The minimum Gasteiger partial charge on any atom is -0.477 e. The Hall–Kier alpha value is -2.84. The fraction of sp³-hybridized carbons (Fsp3) is 0.550. The molecule has 4 aliphatic rings. The number of carbonyl (C=O) groups is 3. The number of fused-ring (bicyclic) bond motifs is 1. The molecule has 8 nitrogen and oxygen atoms in total. The zero-order valence-corrected chi connectivity index (χ0v) is 16.8. The number of hydrogen-bond donors (Lipinski definition) is 1. The molecule has 0 aromatic rings. The van der Waals surface area contributed by atoms with E-state index in [9.17, 15) is 19.5 Å². The molecule has 3 heterocycles. The van der Waals surface area contributed by atoms with Crippen molar-refractivity contribution >= 4 is 17.7 Å². The summed E-state index contributed by atoms with van der Waals surface area (Å²) in [6.07, 6.45) is 3.18. The van der Waals surface area contributed by atoms with Crippen molar-refractivity contribution in [3.8, 4) is 0 Å². The van der Waals surface area contributed by atoms with Gasteiger partial charge in [-0.05, 0) is 26.7 Å². The molecular formula is C20H25FN4O4. The minimum absolute atomic E-state index is 0.000770. The number of hydrogen-bond acceptors (Lipinski definition) is 6. The summed E-state index contributed by atoms with van der Waals surface area (Å²) in [5, 5.41) is 12.9. The van der Waals surface area contributed by atoms with Gasteiger partial charge >= 0.3 is 5.97 Å². The van der Waals surface area contributed by atoms with E-state index in [-0.39, 0.29) is 41.4 Å². The predicted molar refractivity (Wildman–Crippen MR) is 102 cm³/mol. The number of halogens is 1. The van der Waals surface area contributed by atoms with Gasteiger partial charge in [0.05, 0.1) is 18.3 Å². The normalized spacial score (nSPS) is 25.4. The van der Waals surface area contributed by atoms with Crippen molar-refractivity contribution in [1.29, 1.82) is 0 Å². The van der Waals surface area contributed by atoms with Crippen LogP contribution in [0.25, 0.3) is 0 Å². The van der Waals surface area contributed by atoms with E-state index in [4.69, 9.17) is 0 Å². The van der Waals surface area contributed by atoms with Gasteiger partial charge in [-0.25, -0.2) is 9.18 Å². The Balaban J connectivity index is 1.71. The number of piperazine rings is 1. The third-order valence-electron chi connectivity index (χ3n) is 6.07. The summed E-state index contributed by atoms with van der Waals surface area (Å²) < 4.78 is 15.4. The summed E-state index contributed by atoms with van der Waals surface area (Å²) in [6.45, 7) is 6.70. The SMILES string of the molecule is CC(=O)N1CCN(C2=C(F)C(C)=C3C(=O)C(C(=O)O)=CN(C4CC4)N3C2)[C@@H](C)C1. The lowest BCUT2D eigenvalue weighted by molar-refractivity contribution is -0.136. The number of allylic oxidation sites excluding steroid dienone is 3. The summed E-state index contributed by atoms with van der Waals surface area (Å²) in [7, 11) is 0. The molecule has 1 N–H and O–H groups in total. The van der Waals surface area contributed by atoms with E-state index in [1.165, 1.54) is 20.0 Å². The molecule has 2 fully saturated rings. The average molecular weight is 404 g/mol. The molecule has 0 unspecified atom stereocenters. The minimum atomic E-state index is -1.30. The van der Waals surface area contributed by atoms with Crippen molar-refractivity contribution < 1.29 is 23.9 Å². The van der Waals surface area contributed by atoms with Crippen molar-refractivity contribution in [2.24, 2.45) is 0 Å². The molecule has 9 heteroatoms. The second kappa shape index (κ2) is 6.89. The average Bonchev–Trinajstić information content (AvgIpc) is 3.49. The van der Waals surface area contributed by atoms with Crippen molar-refractivity contribution in [2.75, 3.05) is 26.2 Å². The number of carboxylic acid groups (broad SMARTS) is 1. The summed E-state index contributed by atoms with van der Waals surface area (Å²) in [5.74, 6) is -2.43. The molecule has 0 spiro atoms. The molecule has 1 amide bonds. The number of ketones is 1. The maximum Gasteiger partial charge on any atom is 0.341 e. The maximum atomic E-state index is 15.4. The van der Waals surface area contributed by atoms with Crippen molar-refractivity contribution in [3.05, 3.63) is 34.6 Å². The van der Waals surface area contributed by atoms with Crippen molar-refractivity contribution in [3.63, 3.8) is 0 Å². The molecule has 3 aliphatic heterocycles. The van der Waals surface area contributed by atoms with E-state index in [2.05, 4.69) is 0 Å². The lowest BCUT2D eigenvalue weighted by Crippen LogP contribution is -2.56. The van der Waals surface area contributed by atoms with E-state index in [0.29, 0.717) is 25.3 Å². The van der Waals surface area contributed by atoms with E-state index in [1.807, 2.05) is 11.8 Å². The fourth-order valence-electron chi connectivity index (χ4n) is 4.33. The van der Waals surface area contributed by atoms with Crippen LogP contribution in [0, 0.1) is 0 Å². The Kier molecular flexibility index (Phi) is 4.63. The van der Waals surface area contributed by atoms with E-state index in [0.717, 1.165) is 12.8 Å². The van der Waals surface area contributed by atoms with Gasteiger partial charge in [-0.1, -0.05) is 0 Å². The number of nitrogens with zero attached hydrogens (tertiary/aromatic N) is 4. The maximum absolute atomic E-state index is 15.4. The second-order valence-corrected chi connectivity index (χ2v) is 8.09. The van der Waals surface area contributed by atoms with Crippen LogP contribution in [0.4, 0.5) is 4.39 Å². The summed E-state index contributed by atoms with van der Waals surface area (Å²) >= 11 is 0. The van der Waals surface area contributed by atoms with Crippen LogP contribution in [0.3, 0.4) is 0 Å². The molecule has 1 saturated carbocycles. The first kappa shape index (κ1) is 19.5. The highest BCUT2D eigenvalue weighted by molar-refractivity contribution is 6.24. The molecule has 0 aromatic heterocycles. The topological polar surface area (TPSA) is 84.4 Å². The quantitative estimate of drug-likeness (QED) is 0.709. The molecule has 156 valence electrons. The molecule has 1 saturated heterocycles.